The normalized spacial score (nSPS) is 18.7. The summed E-state index contributed by atoms with van der Waals surface area (Å²) in [5.41, 5.74) is 9.03. The van der Waals surface area contributed by atoms with Crippen LogP contribution in [0.15, 0.2) is 47.0 Å². The molecule has 3 rings (SSSR count). The first kappa shape index (κ1) is 13.1. The Kier molecular flexibility index (Phi) is 3.06. The van der Waals surface area contributed by atoms with Gasteiger partial charge in [-0.2, -0.15) is 0 Å². The minimum atomic E-state index is -0.533. The summed E-state index contributed by atoms with van der Waals surface area (Å²) in [6.07, 6.45) is 3.33. The van der Waals surface area contributed by atoms with Gasteiger partial charge in [-0.15, -0.1) is 0 Å². The summed E-state index contributed by atoms with van der Waals surface area (Å²) in [6.45, 7) is 0. The minimum absolute atomic E-state index is 0.347. The Bertz CT molecular complexity index is 731. The summed E-state index contributed by atoms with van der Waals surface area (Å²) in [4.78, 5) is 27.6. The first-order valence-corrected chi connectivity index (χ1v) is 6.50. The van der Waals surface area contributed by atoms with Crippen molar-refractivity contribution in [3.8, 4) is 0 Å². The van der Waals surface area contributed by atoms with E-state index < -0.39 is 11.9 Å². The third-order valence-corrected chi connectivity index (χ3v) is 3.45. The zero-order valence-corrected chi connectivity index (χ0v) is 11.4. The van der Waals surface area contributed by atoms with Crippen molar-refractivity contribution < 1.29 is 9.59 Å². The molecule has 1 unspecified atom stereocenters. The van der Waals surface area contributed by atoms with E-state index in [9.17, 15) is 9.59 Å². The van der Waals surface area contributed by atoms with E-state index in [2.05, 4.69) is 15.6 Å². The lowest BCUT2D eigenvalue weighted by Gasteiger charge is -2.21. The minimum Gasteiger partial charge on any atom is -0.366 e. The number of carbonyl (C=O) groups excluding carboxylic acids is 2. The predicted molar refractivity (Wildman–Crippen MR) is 80.2 cm³/mol. The number of hydrogen-bond donors (Lipinski definition) is 3. The summed E-state index contributed by atoms with van der Waals surface area (Å²) in [5, 5.41) is 5.24. The van der Waals surface area contributed by atoms with E-state index in [0.717, 1.165) is 16.8 Å². The third kappa shape index (κ3) is 2.20. The number of nitrogens with two attached hydrogens (primary N) is 1. The Hall–Kier alpha value is -2.89. The van der Waals surface area contributed by atoms with Gasteiger partial charge in [-0.05, 0) is 18.2 Å². The molecule has 0 saturated carbocycles. The highest BCUT2D eigenvalue weighted by Crippen LogP contribution is 2.38. The van der Waals surface area contributed by atoms with E-state index in [1.165, 1.54) is 7.05 Å². The van der Waals surface area contributed by atoms with Gasteiger partial charge in [-0.1, -0.05) is 18.2 Å². The van der Waals surface area contributed by atoms with E-state index in [-0.39, 0.29) is 6.03 Å². The molecule has 6 nitrogen and oxygen atoms in total. The van der Waals surface area contributed by atoms with Crippen LogP contribution in [-0.4, -0.2) is 30.7 Å². The second kappa shape index (κ2) is 4.90. The molecule has 0 fully saturated rings. The molecule has 2 aliphatic rings. The highest BCUT2D eigenvalue weighted by Gasteiger charge is 2.31. The molecular weight excluding hydrogens is 268 g/mol. The molecule has 1 aromatic carbocycles. The van der Waals surface area contributed by atoms with Crippen LogP contribution in [0.25, 0.3) is 5.57 Å². The number of carbonyl (C=O) groups is 2. The van der Waals surface area contributed by atoms with Crippen molar-refractivity contribution in [3.05, 3.63) is 47.6 Å². The Balaban J connectivity index is 2.06. The van der Waals surface area contributed by atoms with Crippen LogP contribution in [0, 0.1) is 0 Å². The number of nitrogens with one attached hydrogen (secondary N) is 2. The molecular formula is C15H14N4O2. The molecule has 1 atom stereocenters. The second-order valence-electron chi connectivity index (χ2n) is 4.76. The van der Waals surface area contributed by atoms with Crippen molar-refractivity contribution in [2.75, 3.05) is 7.05 Å². The van der Waals surface area contributed by atoms with Gasteiger partial charge in [0.2, 0.25) is 5.91 Å². The van der Waals surface area contributed by atoms with E-state index in [1.807, 2.05) is 24.3 Å². The Morgan fingerprint density at radius 2 is 2.05 bits per heavy atom. The maximum Gasteiger partial charge on any atom is 0.315 e. The van der Waals surface area contributed by atoms with Gasteiger partial charge in [0.25, 0.3) is 0 Å². The van der Waals surface area contributed by atoms with Gasteiger partial charge < -0.3 is 16.4 Å². The van der Waals surface area contributed by atoms with Crippen LogP contribution in [0.3, 0.4) is 0 Å². The van der Waals surface area contributed by atoms with Crippen LogP contribution in [0.1, 0.15) is 5.56 Å². The van der Waals surface area contributed by atoms with Crippen LogP contribution >= 0.6 is 0 Å². The number of nitrogens with zero attached hydrogens (tertiary/aromatic N) is 1. The van der Waals surface area contributed by atoms with Gasteiger partial charge in [0.05, 0.1) is 17.4 Å². The number of rotatable bonds is 2. The molecule has 1 aliphatic carbocycles. The molecule has 0 bridgehead atoms. The number of aliphatic imine (C=N–C) groups is 1. The highest BCUT2D eigenvalue weighted by atomic mass is 16.2. The van der Waals surface area contributed by atoms with Gasteiger partial charge in [0.1, 0.15) is 0 Å². The first-order valence-electron chi connectivity index (χ1n) is 6.50. The zero-order chi connectivity index (χ0) is 15.0. The van der Waals surface area contributed by atoms with E-state index in [1.54, 1.807) is 12.2 Å². The fraction of sp³-hybridized carbons (Fsp3) is 0.133. The first-order chi connectivity index (χ1) is 10.1. The number of urea groups is 1. The summed E-state index contributed by atoms with van der Waals surface area (Å²) >= 11 is 0. The Morgan fingerprint density at radius 3 is 2.76 bits per heavy atom. The predicted octanol–water partition coefficient (Wildman–Crippen LogP) is 0.879. The molecule has 4 N–H and O–H groups in total. The van der Waals surface area contributed by atoms with Crippen molar-refractivity contribution in [3.63, 3.8) is 0 Å². The fourth-order valence-corrected chi connectivity index (χ4v) is 2.45. The van der Waals surface area contributed by atoms with Crippen LogP contribution in [0.5, 0.6) is 0 Å². The molecule has 0 saturated heterocycles. The Labute approximate surface area is 121 Å². The molecule has 1 aliphatic heterocycles. The fourth-order valence-electron chi connectivity index (χ4n) is 2.45. The zero-order valence-electron chi connectivity index (χ0n) is 11.4. The standard InChI is InChI=1S/C15H14N4O2/c1-17-15(21)19-12-7-8(14(16)20)6-10-9-4-2-3-5-11(9)18-13(10)12/h2-7,12H,1H3,(H2,16,20)(H2,17,19,21). The van der Waals surface area contributed by atoms with Crippen molar-refractivity contribution in [2.45, 2.75) is 6.04 Å². The Morgan fingerprint density at radius 1 is 1.29 bits per heavy atom. The number of hydrogen-bond acceptors (Lipinski definition) is 3. The van der Waals surface area contributed by atoms with Gasteiger partial charge in [-0.3, -0.25) is 4.79 Å². The van der Waals surface area contributed by atoms with Gasteiger partial charge in [0, 0.05) is 23.8 Å². The maximum atomic E-state index is 11.6. The van der Waals surface area contributed by atoms with E-state index in [4.69, 9.17) is 5.73 Å². The average molecular weight is 282 g/mol. The van der Waals surface area contributed by atoms with Crippen LogP contribution < -0.4 is 16.4 Å². The molecule has 106 valence electrons. The SMILES string of the molecule is CNC(=O)NC1C=C(C(N)=O)C=C2C1=Nc1ccccc12. The van der Waals surface area contributed by atoms with Crippen LogP contribution in [0.2, 0.25) is 0 Å². The lowest BCUT2D eigenvalue weighted by atomic mass is 9.90. The maximum absolute atomic E-state index is 11.6. The largest absolute Gasteiger partial charge is 0.366 e. The molecule has 0 radical (unpaired) electrons. The summed E-state index contributed by atoms with van der Waals surface area (Å²) in [5.74, 6) is -0.533. The molecule has 6 heteroatoms. The van der Waals surface area contributed by atoms with Crippen LogP contribution in [0.4, 0.5) is 10.5 Å². The summed E-state index contributed by atoms with van der Waals surface area (Å²) in [7, 11) is 1.53. The monoisotopic (exact) mass is 282 g/mol. The topological polar surface area (TPSA) is 96.6 Å². The number of primary amides is 1. The van der Waals surface area contributed by atoms with E-state index >= 15 is 0 Å². The summed E-state index contributed by atoms with van der Waals surface area (Å²) in [6, 6.07) is 6.78. The van der Waals surface area contributed by atoms with Gasteiger partial charge in [-0.25, -0.2) is 9.79 Å². The smallest absolute Gasteiger partial charge is 0.315 e. The number of fused-ring (bicyclic) bond motifs is 3. The second-order valence-corrected chi connectivity index (χ2v) is 4.76. The van der Waals surface area contributed by atoms with Gasteiger partial charge >= 0.3 is 6.03 Å². The number of amides is 3. The van der Waals surface area contributed by atoms with Crippen molar-refractivity contribution >= 4 is 28.9 Å². The van der Waals surface area contributed by atoms with Crippen molar-refractivity contribution in [1.29, 1.82) is 0 Å². The number of para-hydroxylation sites is 1. The van der Waals surface area contributed by atoms with Crippen molar-refractivity contribution in [1.82, 2.24) is 10.6 Å². The lowest BCUT2D eigenvalue weighted by Crippen LogP contribution is -2.45. The average Bonchev–Trinajstić information content (AvgIpc) is 2.86. The molecule has 0 aromatic heterocycles. The quantitative estimate of drug-likeness (QED) is 0.750. The molecule has 1 aromatic rings. The lowest BCUT2D eigenvalue weighted by molar-refractivity contribution is -0.114. The molecule has 0 spiro atoms. The highest BCUT2D eigenvalue weighted by molar-refractivity contribution is 6.34. The van der Waals surface area contributed by atoms with Gasteiger partial charge in [0.15, 0.2) is 0 Å². The third-order valence-electron chi connectivity index (χ3n) is 3.45. The van der Waals surface area contributed by atoms with Crippen LogP contribution in [-0.2, 0) is 4.79 Å². The molecule has 21 heavy (non-hydrogen) atoms. The number of benzene rings is 1. The summed E-state index contributed by atoms with van der Waals surface area (Å²) < 4.78 is 0. The molecule has 3 amide bonds. The van der Waals surface area contributed by atoms with Crippen molar-refractivity contribution in [2.24, 2.45) is 10.7 Å². The molecule has 1 heterocycles. The van der Waals surface area contributed by atoms with E-state index in [0.29, 0.717) is 11.3 Å².